The van der Waals surface area contributed by atoms with Gasteiger partial charge in [-0.25, -0.2) is 9.59 Å². The van der Waals surface area contributed by atoms with Crippen molar-refractivity contribution in [2.24, 2.45) is 34.3 Å². The Bertz CT molecular complexity index is 1390. The summed E-state index contributed by atoms with van der Waals surface area (Å²) in [5.74, 6) is -3.20. The average Bonchev–Trinajstić information content (AvgIpc) is 3.71. The van der Waals surface area contributed by atoms with Gasteiger partial charge >= 0.3 is 12.0 Å². The van der Waals surface area contributed by atoms with Crippen LogP contribution in [0.4, 0.5) is 4.79 Å². The summed E-state index contributed by atoms with van der Waals surface area (Å²) in [7, 11) is 0. The number of ether oxygens (including phenoxy) is 1. The lowest BCUT2D eigenvalue weighted by molar-refractivity contribution is -0.154. The fourth-order valence-electron chi connectivity index (χ4n) is 7.56. The van der Waals surface area contributed by atoms with E-state index < -0.39 is 64.6 Å². The number of rotatable bonds is 12. The third-order valence-corrected chi connectivity index (χ3v) is 11.4. The molecule has 2 unspecified atom stereocenters. The lowest BCUT2D eigenvalue weighted by atomic mass is 9.81. The fraction of sp³-hybridized carbons (Fsp3) is 0.706. The fourth-order valence-corrected chi connectivity index (χ4v) is 8.21. The smallest absolute Gasteiger partial charge is 0.332 e. The van der Waals surface area contributed by atoms with Gasteiger partial charge in [0.2, 0.25) is 17.6 Å². The maximum absolute atomic E-state index is 14.3. The molecular weight excluding hydrogens is 622 g/mol. The van der Waals surface area contributed by atoms with E-state index in [1.54, 1.807) is 0 Å². The van der Waals surface area contributed by atoms with Gasteiger partial charge in [-0.1, -0.05) is 66.7 Å². The van der Waals surface area contributed by atoms with Crippen LogP contribution in [-0.2, 0) is 35.3 Å². The Morgan fingerprint density at radius 2 is 1.74 bits per heavy atom. The number of likely N-dealkylation sites (tertiary alicyclic amines) is 1. The number of amides is 5. The zero-order chi connectivity index (χ0) is 34.3. The zero-order valence-electron chi connectivity index (χ0n) is 28.1. The van der Waals surface area contributed by atoms with Crippen molar-refractivity contribution in [3.8, 4) is 0 Å². The number of hydrogen-bond donors (Lipinski definition) is 4. The van der Waals surface area contributed by atoms with Crippen molar-refractivity contribution in [2.75, 3.05) is 6.54 Å². The lowest BCUT2D eigenvalue weighted by Gasteiger charge is -2.39. The van der Waals surface area contributed by atoms with Crippen molar-refractivity contribution in [3.05, 3.63) is 22.4 Å². The van der Waals surface area contributed by atoms with Crippen LogP contribution in [-0.4, -0.2) is 70.6 Å². The number of carbonyl (C=O) groups is 6. The summed E-state index contributed by atoms with van der Waals surface area (Å²) in [6.45, 7) is 10.0. The van der Waals surface area contributed by atoms with Crippen molar-refractivity contribution in [1.82, 2.24) is 20.9 Å². The number of urea groups is 1. The molecule has 0 spiro atoms. The molecule has 1 saturated heterocycles. The van der Waals surface area contributed by atoms with Gasteiger partial charge in [-0.2, -0.15) is 11.3 Å². The maximum Gasteiger partial charge on any atom is 0.332 e. The number of fused-ring (bicyclic) bond motifs is 1. The summed E-state index contributed by atoms with van der Waals surface area (Å²) in [5.41, 5.74) is 4.01. The molecule has 0 bridgehead atoms. The second-order valence-electron chi connectivity index (χ2n) is 15.6. The first-order chi connectivity index (χ1) is 22.0. The zero-order valence-corrected chi connectivity index (χ0v) is 28.9. The third kappa shape index (κ3) is 7.49. The molecule has 1 aromatic heterocycles. The predicted molar refractivity (Wildman–Crippen MR) is 175 cm³/mol. The first-order valence-corrected chi connectivity index (χ1v) is 17.7. The summed E-state index contributed by atoms with van der Waals surface area (Å²) >= 11 is 1.51. The molecule has 4 fully saturated rings. The maximum atomic E-state index is 14.3. The molecule has 47 heavy (non-hydrogen) atoms. The van der Waals surface area contributed by atoms with Gasteiger partial charge in [-0.15, -0.1) is 0 Å². The molecule has 3 saturated carbocycles. The van der Waals surface area contributed by atoms with Crippen LogP contribution in [0.1, 0.15) is 91.5 Å². The van der Waals surface area contributed by atoms with Crippen LogP contribution in [0.3, 0.4) is 0 Å². The van der Waals surface area contributed by atoms with E-state index in [0.717, 1.165) is 37.7 Å². The molecule has 2 heterocycles. The number of hydrogen-bond acceptors (Lipinski definition) is 8. The van der Waals surface area contributed by atoms with Crippen LogP contribution in [0.2, 0.25) is 0 Å². The molecule has 0 radical (unpaired) electrons. The van der Waals surface area contributed by atoms with E-state index in [1.807, 2.05) is 37.6 Å². The molecule has 4 aliphatic rings. The lowest BCUT2D eigenvalue weighted by Crippen LogP contribution is -2.64. The van der Waals surface area contributed by atoms with E-state index in [1.165, 1.54) is 16.2 Å². The standard InChI is InChI=1S/C34H49N5O7S/c1-32(2,3)26(37-31(45)38-34(12-7-6-8-13-34)30(44)46-17-20-11-14-47-18-20)29(43)39-16-21-23(33(21,4)5)24(39)28(42)36-22(15-19-9-10-19)25(40)27(35)41/h11,14,18-19,21-24,26H,6-10,12-13,15-17H2,1-5H3,(H2,35,41)(H,36,42)(H2,37,38,45)/t21?,22?,23-,24-,26+/m0/s1. The van der Waals surface area contributed by atoms with Crippen LogP contribution in [0, 0.1) is 28.6 Å². The monoisotopic (exact) mass is 671 g/mol. The molecule has 13 heteroatoms. The molecule has 3 aliphatic carbocycles. The number of esters is 1. The summed E-state index contributed by atoms with van der Waals surface area (Å²) in [6, 6.07) is -1.73. The quantitative estimate of drug-likeness (QED) is 0.195. The highest BCUT2D eigenvalue weighted by Gasteiger charge is 2.70. The van der Waals surface area contributed by atoms with Crippen LogP contribution in [0.25, 0.3) is 0 Å². The Morgan fingerprint density at radius 3 is 2.32 bits per heavy atom. The summed E-state index contributed by atoms with van der Waals surface area (Å²) in [6.07, 6.45) is 5.45. The molecule has 0 aromatic carbocycles. The summed E-state index contributed by atoms with van der Waals surface area (Å²) in [5, 5.41) is 12.3. The minimum atomic E-state index is -1.21. The number of primary amides is 1. The van der Waals surface area contributed by atoms with Gasteiger partial charge in [0, 0.05) is 12.1 Å². The normalized spacial score (nSPS) is 25.5. The van der Waals surface area contributed by atoms with Gasteiger partial charge < -0.3 is 31.3 Å². The minimum Gasteiger partial charge on any atom is -0.459 e. The van der Waals surface area contributed by atoms with Gasteiger partial charge in [-0.05, 0) is 64.7 Å². The third-order valence-electron chi connectivity index (χ3n) is 10.7. The second kappa shape index (κ2) is 13.2. The predicted octanol–water partition coefficient (Wildman–Crippen LogP) is 3.03. The molecule has 5 atom stereocenters. The number of piperidine rings is 1. The molecule has 1 aliphatic heterocycles. The second-order valence-corrected chi connectivity index (χ2v) is 16.4. The van der Waals surface area contributed by atoms with Gasteiger partial charge in [0.15, 0.2) is 0 Å². The van der Waals surface area contributed by atoms with Crippen molar-refractivity contribution >= 4 is 46.8 Å². The van der Waals surface area contributed by atoms with Crippen molar-refractivity contribution < 1.29 is 33.5 Å². The summed E-state index contributed by atoms with van der Waals surface area (Å²) in [4.78, 5) is 81.2. The van der Waals surface area contributed by atoms with Gasteiger partial charge in [0.1, 0.15) is 24.2 Å². The van der Waals surface area contributed by atoms with Gasteiger partial charge in [0.05, 0.1) is 6.04 Å². The van der Waals surface area contributed by atoms with E-state index in [2.05, 4.69) is 29.8 Å². The molecule has 5 N–H and O–H groups in total. The minimum absolute atomic E-state index is 0.0638. The number of nitrogens with zero attached hydrogens (tertiary/aromatic N) is 1. The largest absolute Gasteiger partial charge is 0.459 e. The van der Waals surface area contributed by atoms with Crippen molar-refractivity contribution in [2.45, 2.75) is 116 Å². The molecule has 12 nitrogen and oxygen atoms in total. The highest BCUT2D eigenvalue weighted by atomic mass is 32.1. The summed E-state index contributed by atoms with van der Waals surface area (Å²) < 4.78 is 5.65. The molecule has 5 amide bonds. The van der Waals surface area contributed by atoms with Crippen molar-refractivity contribution in [3.63, 3.8) is 0 Å². The van der Waals surface area contributed by atoms with E-state index >= 15 is 0 Å². The van der Waals surface area contributed by atoms with Gasteiger partial charge in [0.25, 0.3) is 5.91 Å². The number of nitrogens with one attached hydrogen (secondary N) is 3. The van der Waals surface area contributed by atoms with Crippen LogP contribution in [0.5, 0.6) is 0 Å². The topological polar surface area (TPSA) is 177 Å². The molecule has 5 rings (SSSR count). The van der Waals surface area contributed by atoms with E-state index in [9.17, 15) is 28.8 Å². The van der Waals surface area contributed by atoms with Gasteiger partial charge in [-0.3, -0.25) is 19.2 Å². The van der Waals surface area contributed by atoms with Crippen LogP contribution >= 0.6 is 11.3 Å². The average molecular weight is 672 g/mol. The van der Waals surface area contributed by atoms with E-state index in [4.69, 9.17) is 10.5 Å². The number of carbonyl (C=O) groups excluding carboxylic acids is 6. The number of Topliss-reactive ketones (excluding diaryl/α,β-unsaturated/α-hetero) is 1. The van der Waals surface area contributed by atoms with E-state index in [-0.39, 0.29) is 29.8 Å². The molecule has 258 valence electrons. The number of thiophene rings is 1. The van der Waals surface area contributed by atoms with Crippen LogP contribution in [0.15, 0.2) is 16.8 Å². The first-order valence-electron chi connectivity index (χ1n) is 16.8. The highest BCUT2D eigenvalue weighted by molar-refractivity contribution is 7.07. The Morgan fingerprint density at radius 1 is 1.06 bits per heavy atom. The Balaban J connectivity index is 1.32. The Kier molecular flexibility index (Phi) is 9.79. The Hall–Kier alpha value is -3.48. The number of ketones is 1. The van der Waals surface area contributed by atoms with Crippen molar-refractivity contribution in [1.29, 1.82) is 0 Å². The number of nitrogens with two attached hydrogens (primary N) is 1. The van der Waals surface area contributed by atoms with Crippen LogP contribution < -0.4 is 21.7 Å². The first kappa shape index (κ1) is 34.8. The Labute approximate surface area is 280 Å². The highest BCUT2D eigenvalue weighted by Crippen LogP contribution is 2.65. The SMILES string of the molecule is CC(C)(C)[C@H](NC(=O)NC1(C(=O)OCc2ccsc2)CCCCC1)C(=O)N1CC2[C@@H]([C@H]1C(=O)NC(CC1CC1)C(=O)C(N)=O)C2(C)C. The van der Waals surface area contributed by atoms with E-state index in [0.29, 0.717) is 25.8 Å². The molecule has 1 aromatic rings. The molecular formula is C34H49N5O7S.